The quantitative estimate of drug-likeness (QED) is 0.450. The van der Waals surface area contributed by atoms with Crippen LogP contribution < -0.4 is 20.5 Å². The maximum Gasteiger partial charge on any atom is 0.251 e. The van der Waals surface area contributed by atoms with E-state index in [4.69, 9.17) is 15.2 Å². The number of methoxy groups -OCH3 is 1. The van der Waals surface area contributed by atoms with Crippen molar-refractivity contribution in [1.29, 1.82) is 0 Å². The molecule has 30 heavy (non-hydrogen) atoms. The van der Waals surface area contributed by atoms with Crippen LogP contribution in [0.4, 0.5) is 5.69 Å². The molecule has 4 aromatic rings. The van der Waals surface area contributed by atoms with Crippen LogP contribution in [0.15, 0.2) is 78.9 Å². The summed E-state index contributed by atoms with van der Waals surface area (Å²) in [6.07, 6.45) is 0. The highest BCUT2D eigenvalue weighted by atomic mass is 16.5. The molecule has 0 heterocycles. The Morgan fingerprint density at radius 1 is 0.867 bits per heavy atom. The van der Waals surface area contributed by atoms with Crippen molar-refractivity contribution in [2.24, 2.45) is 0 Å². The van der Waals surface area contributed by atoms with Crippen LogP contribution in [0, 0.1) is 0 Å². The second-order valence-corrected chi connectivity index (χ2v) is 6.86. The number of hydrogen-bond donors (Lipinski definition) is 2. The number of fused-ring (bicyclic) bond motifs is 1. The summed E-state index contributed by atoms with van der Waals surface area (Å²) < 4.78 is 11.7. The number of nitrogen functional groups attached to an aromatic ring is 1. The zero-order chi connectivity index (χ0) is 21.1. The lowest BCUT2D eigenvalue weighted by Gasteiger charge is -2.16. The number of anilines is 1. The monoisotopic (exact) mass is 398 g/mol. The topological polar surface area (TPSA) is 73.6 Å². The van der Waals surface area contributed by atoms with Gasteiger partial charge in [0, 0.05) is 29.2 Å². The fourth-order valence-corrected chi connectivity index (χ4v) is 3.34. The standard InChI is InChI=1S/C25H22N2O3/c1-27-25(28)17-5-3-16(4-6-17)22-13-7-18-15-21(29-2)12-14-23(18)24(22)30-20-10-8-19(26)9-11-20/h3-15H,26H2,1-2H3,(H,27,28). The third-order valence-electron chi connectivity index (χ3n) is 4.96. The van der Waals surface area contributed by atoms with Gasteiger partial charge in [0.15, 0.2) is 0 Å². The number of nitrogens with two attached hydrogens (primary N) is 1. The largest absolute Gasteiger partial charge is 0.497 e. The molecule has 0 saturated heterocycles. The second-order valence-electron chi connectivity index (χ2n) is 6.86. The van der Waals surface area contributed by atoms with Crippen molar-refractivity contribution in [3.05, 3.63) is 84.4 Å². The van der Waals surface area contributed by atoms with Gasteiger partial charge in [0.2, 0.25) is 0 Å². The third kappa shape index (κ3) is 3.78. The van der Waals surface area contributed by atoms with Gasteiger partial charge in [-0.2, -0.15) is 0 Å². The first kappa shape index (κ1) is 19.3. The molecule has 0 radical (unpaired) electrons. The zero-order valence-electron chi connectivity index (χ0n) is 16.8. The summed E-state index contributed by atoms with van der Waals surface area (Å²) in [6, 6.07) is 24.7. The molecule has 0 aromatic heterocycles. The molecule has 0 aliphatic heterocycles. The molecular formula is C25H22N2O3. The Hall–Kier alpha value is -3.99. The molecule has 0 aliphatic rings. The molecule has 4 aromatic carbocycles. The number of ether oxygens (including phenoxy) is 2. The summed E-state index contributed by atoms with van der Waals surface area (Å²) in [4.78, 5) is 11.9. The first-order chi connectivity index (χ1) is 14.6. The van der Waals surface area contributed by atoms with Gasteiger partial charge < -0.3 is 20.5 Å². The summed E-state index contributed by atoms with van der Waals surface area (Å²) in [7, 11) is 3.27. The Morgan fingerprint density at radius 2 is 1.57 bits per heavy atom. The Morgan fingerprint density at radius 3 is 2.23 bits per heavy atom. The Labute approximate surface area is 175 Å². The summed E-state index contributed by atoms with van der Waals surface area (Å²) >= 11 is 0. The molecule has 150 valence electrons. The van der Waals surface area contributed by atoms with Crippen LogP contribution in [0.5, 0.6) is 17.2 Å². The van der Waals surface area contributed by atoms with Crippen molar-refractivity contribution in [2.75, 3.05) is 19.9 Å². The van der Waals surface area contributed by atoms with Gasteiger partial charge in [-0.3, -0.25) is 4.79 Å². The molecule has 0 atom stereocenters. The van der Waals surface area contributed by atoms with Gasteiger partial charge in [-0.1, -0.05) is 18.2 Å². The normalized spacial score (nSPS) is 10.6. The minimum atomic E-state index is -0.120. The van der Waals surface area contributed by atoms with E-state index in [1.54, 1.807) is 38.4 Å². The van der Waals surface area contributed by atoms with Crippen molar-refractivity contribution in [3.63, 3.8) is 0 Å². The van der Waals surface area contributed by atoms with Crippen molar-refractivity contribution < 1.29 is 14.3 Å². The number of nitrogens with one attached hydrogen (secondary N) is 1. The zero-order valence-corrected chi connectivity index (χ0v) is 16.8. The van der Waals surface area contributed by atoms with Crippen LogP contribution >= 0.6 is 0 Å². The average molecular weight is 398 g/mol. The molecule has 0 aliphatic carbocycles. The van der Waals surface area contributed by atoms with Gasteiger partial charge in [0.25, 0.3) is 5.91 Å². The highest BCUT2D eigenvalue weighted by Gasteiger charge is 2.14. The van der Waals surface area contributed by atoms with Gasteiger partial charge in [-0.25, -0.2) is 0 Å². The fourth-order valence-electron chi connectivity index (χ4n) is 3.34. The predicted octanol–water partition coefficient (Wildman–Crippen LogP) is 5.25. The van der Waals surface area contributed by atoms with Crippen LogP contribution in [0.2, 0.25) is 0 Å². The predicted molar refractivity (Wildman–Crippen MR) is 120 cm³/mol. The minimum Gasteiger partial charge on any atom is -0.497 e. The Kier molecular flexibility index (Phi) is 5.26. The second kappa shape index (κ2) is 8.17. The summed E-state index contributed by atoms with van der Waals surface area (Å²) in [5, 5.41) is 4.60. The van der Waals surface area contributed by atoms with Gasteiger partial charge >= 0.3 is 0 Å². The van der Waals surface area contributed by atoms with E-state index in [-0.39, 0.29) is 5.91 Å². The molecule has 5 heteroatoms. The molecule has 0 bridgehead atoms. The highest BCUT2D eigenvalue weighted by Crippen LogP contribution is 2.40. The van der Waals surface area contributed by atoms with E-state index >= 15 is 0 Å². The fraction of sp³-hybridized carbons (Fsp3) is 0.0800. The van der Waals surface area contributed by atoms with E-state index in [0.717, 1.165) is 33.4 Å². The molecule has 0 saturated carbocycles. The van der Waals surface area contributed by atoms with Crippen LogP contribution in [0.1, 0.15) is 10.4 Å². The van der Waals surface area contributed by atoms with Crippen LogP contribution in [-0.4, -0.2) is 20.1 Å². The first-order valence-electron chi connectivity index (χ1n) is 9.55. The van der Waals surface area contributed by atoms with Gasteiger partial charge in [-0.05, 0) is 71.6 Å². The van der Waals surface area contributed by atoms with Crippen LogP contribution in [0.25, 0.3) is 21.9 Å². The Bertz CT molecular complexity index is 1200. The van der Waals surface area contributed by atoms with Crippen LogP contribution in [-0.2, 0) is 0 Å². The number of hydrogen-bond acceptors (Lipinski definition) is 4. The number of benzene rings is 4. The SMILES string of the molecule is CNC(=O)c1ccc(-c2ccc3cc(OC)ccc3c2Oc2ccc(N)cc2)cc1. The third-order valence-corrected chi connectivity index (χ3v) is 4.96. The first-order valence-corrected chi connectivity index (χ1v) is 9.55. The van der Waals surface area contributed by atoms with Crippen molar-refractivity contribution in [2.45, 2.75) is 0 Å². The minimum absolute atomic E-state index is 0.120. The molecule has 4 rings (SSSR count). The summed E-state index contributed by atoms with van der Waals surface area (Å²) in [5.41, 5.74) is 8.97. The molecule has 0 fully saturated rings. The molecule has 3 N–H and O–H groups in total. The lowest BCUT2D eigenvalue weighted by atomic mass is 9.98. The molecular weight excluding hydrogens is 376 g/mol. The van der Waals surface area contributed by atoms with Crippen molar-refractivity contribution in [1.82, 2.24) is 5.32 Å². The van der Waals surface area contributed by atoms with Crippen LogP contribution in [0.3, 0.4) is 0 Å². The van der Waals surface area contributed by atoms with E-state index < -0.39 is 0 Å². The maximum absolute atomic E-state index is 11.9. The summed E-state index contributed by atoms with van der Waals surface area (Å²) in [5.74, 6) is 2.08. The molecule has 1 amide bonds. The van der Waals surface area contributed by atoms with E-state index in [2.05, 4.69) is 5.32 Å². The number of carbonyl (C=O) groups is 1. The number of carbonyl (C=O) groups excluding carboxylic acids is 1. The highest BCUT2D eigenvalue weighted by molar-refractivity contribution is 5.97. The smallest absolute Gasteiger partial charge is 0.251 e. The van der Waals surface area contributed by atoms with E-state index in [0.29, 0.717) is 17.0 Å². The van der Waals surface area contributed by atoms with E-state index in [1.807, 2.05) is 54.6 Å². The van der Waals surface area contributed by atoms with Gasteiger partial charge in [0.05, 0.1) is 7.11 Å². The number of amides is 1. The van der Waals surface area contributed by atoms with Crippen molar-refractivity contribution in [3.8, 4) is 28.4 Å². The molecule has 0 unspecified atom stereocenters. The van der Waals surface area contributed by atoms with Gasteiger partial charge in [0.1, 0.15) is 17.2 Å². The lowest BCUT2D eigenvalue weighted by Crippen LogP contribution is -2.17. The Balaban J connectivity index is 1.85. The van der Waals surface area contributed by atoms with Gasteiger partial charge in [-0.15, -0.1) is 0 Å². The van der Waals surface area contributed by atoms with E-state index in [9.17, 15) is 4.79 Å². The number of rotatable bonds is 5. The average Bonchev–Trinajstić information content (AvgIpc) is 2.80. The molecule has 0 spiro atoms. The van der Waals surface area contributed by atoms with Crippen molar-refractivity contribution >= 4 is 22.4 Å². The lowest BCUT2D eigenvalue weighted by molar-refractivity contribution is 0.0963. The molecule has 5 nitrogen and oxygen atoms in total. The maximum atomic E-state index is 11.9. The summed E-state index contributed by atoms with van der Waals surface area (Å²) in [6.45, 7) is 0. The van der Waals surface area contributed by atoms with E-state index in [1.165, 1.54) is 0 Å².